The van der Waals surface area contributed by atoms with Crippen molar-refractivity contribution in [1.82, 2.24) is 5.32 Å². The molecule has 1 aromatic carbocycles. The van der Waals surface area contributed by atoms with Gasteiger partial charge in [-0.1, -0.05) is 17.7 Å². The van der Waals surface area contributed by atoms with Gasteiger partial charge < -0.3 is 14.8 Å². The summed E-state index contributed by atoms with van der Waals surface area (Å²) in [5.41, 5.74) is 0.665. The summed E-state index contributed by atoms with van der Waals surface area (Å²) in [4.78, 5) is 24.1. The molecular formula is C12H13ClN2O4. The van der Waals surface area contributed by atoms with E-state index < -0.39 is 18.3 Å². The molecule has 1 N–H and O–H groups in total. The molecular weight excluding hydrogens is 272 g/mol. The molecule has 1 aromatic rings. The second kappa shape index (κ2) is 5.79. The zero-order chi connectivity index (χ0) is 13.8. The van der Waals surface area contributed by atoms with Gasteiger partial charge in [0.2, 0.25) is 0 Å². The van der Waals surface area contributed by atoms with Crippen LogP contribution in [0.3, 0.4) is 0 Å². The van der Waals surface area contributed by atoms with Crippen LogP contribution in [0.2, 0.25) is 5.02 Å². The lowest BCUT2D eigenvalue weighted by Gasteiger charge is -2.13. The summed E-state index contributed by atoms with van der Waals surface area (Å²) in [6, 6.07) is 6.93. The van der Waals surface area contributed by atoms with E-state index in [9.17, 15) is 9.59 Å². The van der Waals surface area contributed by atoms with Crippen molar-refractivity contribution in [2.24, 2.45) is 0 Å². The molecule has 1 fully saturated rings. The lowest BCUT2D eigenvalue weighted by Crippen LogP contribution is -2.34. The first-order chi connectivity index (χ1) is 9.10. The van der Waals surface area contributed by atoms with Crippen LogP contribution in [0, 0.1) is 0 Å². The number of benzene rings is 1. The number of amides is 2. The van der Waals surface area contributed by atoms with E-state index in [-0.39, 0.29) is 6.54 Å². The van der Waals surface area contributed by atoms with Gasteiger partial charge in [-0.05, 0) is 18.2 Å². The molecule has 0 spiro atoms. The van der Waals surface area contributed by atoms with Crippen molar-refractivity contribution in [3.63, 3.8) is 0 Å². The maximum absolute atomic E-state index is 11.7. The molecule has 102 valence electrons. The smallest absolute Gasteiger partial charge is 0.414 e. The van der Waals surface area contributed by atoms with Gasteiger partial charge in [0.1, 0.15) is 6.10 Å². The van der Waals surface area contributed by atoms with Gasteiger partial charge in [-0.25, -0.2) is 9.59 Å². The van der Waals surface area contributed by atoms with Gasteiger partial charge in [-0.2, -0.15) is 0 Å². The lowest BCUT2D eigenvalue weighted by atomic mass is 10.2. The number of alkyl carbamates (subject to hydrolysis) is 1. The fourth-order valence-electron chi connectivity index (χ4n) is 1.75. The summed E-state index contributed by atoms with van der Waals surface area (Å²) in [6.07, 6.45) is -1.43. The average Bonchev–Trinajstić information content (AvgIpc) is 2.77. The maximum atomic E-state index is 11.7. The minimum atomic E-state index is -0.558. The van der Waals surface area contributed by atoms with Crippen molar-refractivity contribution in [1.29, 1.82) is 0 Å². The normalized spacial score (nSPS) is 18.1. The number of rotatable bonds is 3. The number of nitrogens with zero attached hydrogens (tertiary/aromatic N) is 1. The molecule has 1 aliphatic rings. The number of halogens is 1. The van der Waals surface area contributed by atoms with Crippen LogP contribution in [0.25, 0.3) is 0 Å². The molecule has 1 heterocycles. The van der Waals surface area contributed by atoms with Gasteiger partial charge in [0, 0.05) is 10.7 Å². The topological polar surface area (TPSA) is 67.9 Å². The zero-order valence-corrected chi connectivity index (χ0v) is 11.0. The Morgan fingerprint density at radius 3 is 3.11 bits per heavy atom. The molecule has 2 rings (SSSR count). The third-order valence-corrected chi connectivity index (χ3v) is 2.89. The molecule has 2 amide bonds. The largest absolute Gasteiger partial charge is 0.453 e. The van der Waals surface area contributed by atoms with Gasteiger partial charge in [-0.3, -0.25) is 4.90 Å². The number of cyclic esters (lactones) is 1. The first kappa shape index (κ1) is 13.5. The van der Waals surface area contributed by atoms with Crippen molar-refractivity contribution in [2.75, 3.05) is 25.1 Å². The molecule has 19 heavy (non-hydrogen) atoms. The van der Waals surface area contributed by atoms with Crippen LogP contribution in [0.1, 0.15) is 0 Å². The summed E-state index contributed by atoms with van der Waals surface area (Å²) >= 11 is 5.88. The van der Waals surface area contributed by atoms with Gasteiger partial charge in [0.15, 0.2) is 0 Å². The molecule has 0 aliphatic carbocycles. The first-order valence-electron chi connectivity index (χ1n) is 5.65. The fraction of sp³-hybridized carbons (Fsp3) is 0.333. The average molecular weight is 285 g/mol. The summed E-state index contributed by atoms with van der Waals surface area (Å²) in [5.74, 6) is 0. The molecule has 0 radical (unpaired) electrons. The first-order valence-corrected chi connectivity index (χ1v) is 6.03. The van der Waals surface area contributed by atoms with Crippen LogP contribution in [-0.2, 0) is 9.47 Å². The number of carbonyl (C=O) groups is 2. The Kier molecular flexibility index (Phi) is 4.11. The van der Waals surface area contributed by atoms with Crippen LogP contribution in [0.5, 0.6) is 0 Å². The van der Waals surface area contributed by atoms with E-state index >= 15 is 0 Å². The Labute approximate surface area is 115 Å². The van der Waals surface area contributed by atoms with E-state index in [1.165, 1.54) is 12.0 Å². The van der Waals surface area contributed by atoms with E-state index in [1.807, 2.05) is 0 Å². The predicted molar refractivity (Wildman–Crippen MR) is 69.5 cm³/mol. The highest BCUT2D eigenvalue weighted by Crippen LogP contribution is 2.24. The number of anilines is 1. The molecule has 1 unspecified atom stereocenters. The van der Waals surface area contributed by atoms with Crippen molar-refractivity contribution >= 4 is 29.5 Å². The van der Waals surface area contributed by atoms with Crippen molar-refractivity contribution < 1.29 is 19.1 Å². The fourth-order valence-corrected chi connectivity index (χ4v) is 1.94. The molecule has 1 saturated heterocycles. The Morgan fingerprint density at radius 1 is 1.63 bits per heavy atom. The summed E-state index contributed by atoms with van der Waals surface area (Å²) < 4.78 is 9.58. The quantitative estimate of drug-likeness (QED) is 0.922. The Balaban J connectivity index is 1.98. The summed E-state index contributed by atoms with van der Waals surface area (Å²) in [6.45, 7) is 0.554. The Hall–Kier alpha value is -1.95. The van der Waals surface area contributed by atoms with E-state index in [4.69, 9.17) is 16.3 Å². The number of carbonyl (C=O) groups excluding carboxylic acids is 2. The Bertz CT molecular complexity index is 494. The number of nitrogens with one attached hydrogen (secondary N) is 1. The maximum Gasteiger partial charge on any atom is 0.414 e. The van der Waals surface area contributed by atoms with Crippen LogP contribution in [0.15, 0.2) is 24.3 Å². The molecule has 0 saturated carbocycles. The summed E-state index contributed by atoms with van der Waals surface area (Å²) in [5, 5.41) is 3.03. The standard InChI is InChI=1S/C12H13ClN2O4/c1-18-11(16)14-6-10-7-15(12(17)19-10)9-4-2-3-8(13)5-9/h2-5,10H,6-7H2,1H3,(H,14,16). The van der Waals surface area contributed by atoms with Crippen LogP contribution in [0.4, 0.5) is 15.3 Å². The third-order valence-electron chi connectivity index (χ3n) is 2.65. The van der Waals surface area contributed by atoms with Crippen LogP contribution >= 0.6 is 11.6 Å². The molecule has 1 atom stereocenters. The minimum Gasteiger partial charge on any atom is -0.453 e. The number of ether oxygens (including phenoxy) is 2. The van der Waals surface area contributed by atoms with E-state index in [1.54, 1.807) is 24.3 Å². The zero-order valence-electron chi connectivity index (χ0n) is 10.3. The lowest BCUT2D eigenvalue weighted by molar-refractivity contribution is 0.132. The highest BCUT2D eigenvalue weighted by atomic mass is 35.5. The van der Waals surface area contributed by atoms with Gasteiger partial charge in [0.25, 0.3) is 0 Å². The molecule has 7 heteroatoms. The van der Waals surface area contributed by atoms with E-state index in [2.05, 4.69) is 10.1 Å². The SMILES string of the molecule is COC(=O)NCC1CN(c2cccc(Cl)c2)C(=O)O1. The van der Waals surface area contributed by atoms with Gasteiger partial charge >= 0.3 is 12.2 Å². The summed E-state index contributed by atoms with van der Waals surface area (Å²) in [7, 11) is 1.27. The number of hydrogen-bond acceptors (Lipinski definition) is 4. The molecule has 0 aromatic heterocycles. The van der Waals surface area contributed by atoms with E-state index in [0.717, 1.165) is 0 Å². The second-order valence-corrected chi connectivity index (χ2v) is 4.41. The highest BCUT2D eigenvalue weighted by Gasteiger charge is 2.32. The third kappa shape index (κ3) is 3.29. The second-order valence-electron chi connectivity index (χ2n) is 3.97. The molecule has 1 aliphatic heterocycles. The van der Waals surface area contributed by atoms with Crippen molar-refractivity contribution in [3.8, 4) is 0 Å². The highest BCUT2D eigenvalue weighted by molar-refractivity contribution is 6.30. The number of methoxy groups -OCH3 is 1. The number of hydrogen-bond donors (Lipinski definition) is 1. The Morgan fingerprint density at radius 2 is 2.42 bits per heavy atom. The van der Waals surface area contributed by atoms with Crippen molar-refractivity contribution in [2.45, 2.75) is 6.10 Å². The van der Waals surface area contributed by atoms with Crippen LogP contribution < -0.4 is 10.2 Å². The van der Waals surface area contributed by atoms with E-state index in [0.29, 0.717) is 17.3 Å². The van der Waals surface area contributed by atoms with Crippen molar-refractivity contribution in [3.05, 3.63) is 29.3 Å². The molecule has 6 nitrogen and oxygen atoms in total. The monoisotopic (exact) mass is 284 g/mol. The predicted octanol–water partition coefficient (Wildman–Crippen LogP) is 2.02. The van der Waals surface area contributed by atoms with Gasteiger partial charge in [-0.15, -0.1) is 0 Å². The van der Waals surface area contributed by atoms with Gasteiger partial charge in [0.05, 0.1) is 20.2 Å². The van der Waals surface area contributed by atoms with Crippen LogP contribution in [-0.4, -0.2) is 38.5 Å². The molecule has 0 bridgehead atoms. The minimum absolute atomic E-state index is 0.204.